The summed E-state index contributed by atoms with van der Waals surface area (Å²) in [6, 6.07) is 8.23. The Morgan fingerprint density at radius 3 is 3.07 bits per heavy atom. The quantitative estimate of drug-likeness (QED) is 0.681. The van der Waals surface area contributed by atoms with E-state index in [4.69, 9.17) is 0 Å². The van der Waals surface area contributed by atoms with Gasteiger partial charge in [0.05, 0.1) is 12.2 Å². The van der Waals surface area contributed by atoms with Gasteiger partial charge in [0.1, 0.15) is 11.7 Å². The second-order valence-electron chi connectivity index (χ2n) is 3.76. The molecule has 2 heterocycles. The monoisotopic (exact) mass is 199 g/mol. The maximum Gasteiger partial charge on any atom is 0.138 e. The first kappa shape index (κ1) is 8.65. The Labute approximate surface area is 89.2 Å². The van der Waals surface area contributed by atoms with Crippen LogP contribution in [-0.4, -0.2) is 29.7 Å². The van der Waals surface area contributed by atoms with Crippen molar-refractivity contribution in [2.24, 2.45) is 9.98 Å². The van der Waals surface area contributed by atoms with Gasteiger partial charge in [-0.2, -0.15) is 0 Å². The molecule has 1 aromatic carbocycles. The lowest BCUT2D eigenvalue weighted by atomic mass is 10.1. The van der Waals surface area contributed by atoms with Crippen LogP contribution in [-0.2, 0) is 0 Å². The van der Waals surface area contributed by atoms with Crippen LogP contribution in [0.1, 0.15) is 18.9 Å². The van der Waals surface area contributed by atoms with Gasteiger partial charge in [0, 0.05) is 18.5 Å². The van der Waals surface area contributed by atoms with Crippen LogP contribution >= 0.6 is 0 Å². The minimum Gasteiger partial charge on any atom is -0.312 e. The van der Waals surface area contributed by atoms with E-state index in [1.54, 1.807) is 0 Å². The van der Waals surface area contributed by atoms with Crippen LogP contribution in [0.25, 0.3) is 0 Å². The molecule has 0 N–H and O–H groups in total. The zero-order chi connectivity index (χ0) is 10.3. The van der Waals surface area contributed by atoms with Crippen molar-refractivity contribution in [1.82, 2.24) is 4.90 Å². The van der Waals surface area contributed by atoms with Crippen molar-refractivity contribution in [3.8, 4) is 0 Å². The van der Waals surface area contributed by atoms with Crippen molar-refractivity contribution < 1.29 is 0 Å². The van der Waals surface area contributed by atoms with E-state index < -0.39 is 0 Å². The number of nitrogens with zero attached hydrogens (tertiary/aromatic N) is 3. The minimum absolute atomic E-state index is 0.892. The van der Waals surface area contributed by atoms with Crippen LogP contribution in [0, 0.1) is 0 Å². The predicted molar refractivity (Wildman–Crippen MR) is 61.9 cm³/mol. The Balaban J connectivity index is 2.20. The molecule has 76 valence electrons. The molecular weight excluding hydrogens is 186 g/mol. The van der Waals surface area contributed by atoms with Gasteiger partial charge in [-0.25, -0.2) is 4.99 Å². The third-order valence-electron chi connectivity index (χ3n) is 2.86. The van der Waals surface area contributed by atoms with E-state index in [0.717, 1.165) is 36.9 Å². The van der Waals surface area contributed by atoms with Gasteiger partial charge in [-0.15, -0.1) is 0 Å². The normalized spacial score (nSPS) is 18.1. The number of fused-ring (bicyclic) bond motifs is 3. The summed E-state index contributed by atoms with van der Waals surface area (Å²) in [5, 5.41) is 0. The number of benzene rings is 1. The van der Waals surface area contributed by atoms with Crippen LogP contribution in [0.15, 0.2) is 34.3 Å². The van der Waals surface area contributed by atoms with Crippen molar-refractivity contribution in [2.75, 3.05) is 13.1 Å². The minimum atomic E-state index is 0.892. The zero-order valence-corrected chi connectivity index (χ0v) is 8.77. The summed E-state index contributed by atoms with van der Waals surface area (Å²) in [4.78, 5) is 11.5. The largest absolute Gasteiger partial charge is 0.312 e. The molecular formula is C12H13N3. The van der Waals surface area contributed by atoms with E-state index in [-0.39, 0.29) is 0 Å². The highest BCUT2D eigenvalue weighted by Gasteiger charge is 2.27. The lowest BCUT2D eigenvalue weighted by molar-refractivity contribution is 0.646. The molecule has 15 heavy (non-hydrogen) atoms. The second-order valence-corrected chi connectivity index (χ2v) is 3.76. The van der Waals surface area contributed by atoms with Gasteiger partial charge in [-0.3, -0.25) is 4.99 Å². The van der Waals surface area contributed by atoms with Crippen molar-refractivity contribution in [3.05, 3.63) is 29.8 Å². The molecule has 0 spiro atoms. The first-order chi connectivity index (χ1) is 7.40. The Kier molecular flexibility index (Phi) is 1.84. The molecule has 0 aliphatic carbocycles. The van der Waals surface area contributed by atoms with E-state index in [0.29, 0.717) is 0 Å². The highest BCUT2D eigenvalue weighted by Crippen LogP contribution is 2.28. The summed E-state index contributed by atoms with van der Waals surface area (Å²) >= 11 is 0. The number of para-hydroxylation sites is 1. The first-order valence-electron chi connectivity index (χ1n) is 5.39. The molecule has 3 rings (SSSR count). The second kappa shape index (κ2) is 3.19. The predicted octanol–water partition coefficient (Wildman–Crippen LogP) is 2.20. The average molecular weight is 199 g/mol. The van der Waals surface area contributed by atoms with Crippen LogP contribution in [0.5, 0.6) is 0 Å². The Morgan fingerprint density at radius 1 is 1.33 bits per heavy atom. The van der Waals surface area contributed by atoms with Crippen molar-refractivity contribution >= 4 is 17.4 Å². The summed E-state index contributed by atoms with van der Waals surface area (Å²) in [5.74, 6) is 2.25. The number of amidine groups is 2. The number of aliphatic imine (C=N–C) groups is 2. The fourth-order valence-electron chi connectivity index (χ4n) is 2.16. The highest BCUT2D eigenvalue weighted by atomic mass is 15.3. The SMILES string of the molecule is CCC1=Nc2ccccc2C2=NCCN12. The molecule has 0 fully saturated rings. The van der Waals surface area contributed by atoms with Crippen molar-refractivity contribution in [3.63, 3.8) is 0 Å². The molecule has 1 aromatic rings. The zero-order valence-electron chi connectivity index (χ0n) is 8.77. The molecule has 2 aliphatic rings. The van der Waals surface area contributed by atoms with Gasteiger partial charge < -0.3 is 4.90 Å². The molecule has 0 saturated heterocycles. The smallest absolute Gasteiger partial charge is 0.138 e. The van der Waals surface area contributed by atoms with E-state index >= 15 is 0 Å². The van der Waals surface area contributed by atoms with Crippen LogP contribution < -0.4 is 0 Å². The Hall–Kier alpha value is -1.64. The first-order valence-corrected chi connectivity index (χ1v) is 5.39. The van der Waals surface area contributed by atoms with E-state index in [1.807, 2.05) is 12.1 Å². The molecule has 0 aromatic heterocycles. The number of hydrogen-bond donors (Lipinski definition) is 0. The molecule has 0 amide bonds. The molecule has 2 aliphatic heterocycles. The Morgan fingerprint density at radius 2 is 2.20 bits per heavy atom. The summed E-state index contributed by atoms with van der Waals surface area (Å²) in [7, 11) is 0. The van der Waals surface area contributed by atoms with Crippen LogP contribution in [0.3, 0.4) is 0 Å². The maximum atomic E-state index is 4.67. The summed E-state index contributed by atoms with van der Waals surface area (Å²) < 4.78 is 0. The summed E-state index contributed by atoms with van der Waals surface area (Å²) in [6.45, 7) is 4.02. The standard InChI is InChI=1S/C12H13N3/c1-2-11-14-10-6-4-3-5-9(10)12-13-7-8-15(11)12/h3-6H,2,7-8H2,1H3. The van der Waals surface area contributed by atoms with Gasteiger partial charge in [-0.05, 0) is 12.1 Å². The van der Waals surface area contributed by atoms with Gasteiger partial charge in [0.2, 0.25) is 0 Å². The molecule has 3 nitrogen and oxygen atoms in total. The molecule has 0 unspecified atom stereocenters. The summed E-state index contributed by atoms with van der Waals surface area (Å²) in [6.07, 6.45) is 0.966. The van der Waals surface area contributed by atoms with Crippen molar-refractivity contribution in [1.29, 1.82) is 0 Å². The average Bonchev–Trinajstić information content (AvgIpc) is 2.77. The van der Waals surface area contributed by atoms with Gasteiger partial charge >= 0.3 is 0 Å². The van der Waals surface area contributed by atoms with Gasteiger partial charge in [-0.1, -0.05) is 19.1 Å². The highest BCUT2D eigenvalue weighted by molar-refractivity contribution is 6.16. The van der Waals surface area contributed by atoms with Gasteiger partial charge in [0.15, 0.2) is 0 Å². The Bertz CT molecular complexity index is 460. The van der Waals surface area contributed by atoms with E-state index in [1.165, 1.54) is 5.56 Å². The molecule has 0 bridgehead atoms. The third-order valence-corrected chi connectivity index (χ3v) is 2.86. The fourth-order valence-corrected chi connectivity index (χ4v) is 2.16. The fraction of sp³-hybridized carbons (Fsp3) is 0.333. The molecule has 0 saturated carbocycles. The van der Waals surface area contributed by atoms with Gasteiger partial charge in [0.25, 0.3) is 0 Å². The molecule has 3 heteroatoms. The van der Waals surface area contributed by atoms with E-state index in [9.17, 15) is 0 Å². The lowest BCUT2D eigenvalue weighted by Gasteiger charge is -2.26. The molecule has 0 radical (unpaired) electrons. The van der Waals surface area contributed by atoms with Crippen LogP contribution in [0.4, 0.5) is 5.69 Å². The summed E-state index contributed by atoms with van der Waals surface area (Å²) in [5.41, 5.74) is 2.23. The third kappa shape index (κ3) is 1.19. The number of hydrogen-bond acceptors (Lipinski definition) is 3. The number of rotatable bonds is 1. The maximum absolute atomic E-state index is 4.67. The van der Waals surface area contributed by atoms with E-state index in [2.05, 4.69) is 33.9 Å². The topological polar surface area (TPSA) is 28.0 Å². The lowest BCUT2D eigenvalue weighted by Crippen LogP contribution is -2.36. The molecule has 0 atom stereocenters. The van der Waals surface area contributed by atoms with Crippen LogP contribution in [0.2, 0.25) is 0 Å². The van der Waals surface area contributed by atoms with Crippen molar-refractivity contribution in [2.45, 2.75) is 13.3 Å².